The second kappa shape index (κ2) is 16.6. The quantitative estimate of drug-likeness (QED) is 0.182. The predicted molar refractivity (Wildman–Crippen MR) is 175 cm³/mol. The molecule has 4 rings (SSSR count). The number of nitrogens with one attached hydrogen (secondary N) is 4. The second-order valence-electron chi connectivity index (χ2n) is 12.7. The Bertz CT molecular complexity index is 1600. The normalized spacial score (nSPS) is 15.7. The van der Waals surface area contributed by atoms with Crippen LogP contribution in [0.25, 0.3) is 0 Å². The Labute approximate surface area is 284 Å². The van der Waals surface area contributed by atoms with E-state index in [4.69, 9.17) is 9.47 Å². The lowest BCUT2D eigenvalue weighted by Gasteiger charge is -2.31. The molecule has 0 unspecified atom stereocenters. The van der Waals surface area contributed by atoms with E-state index in [1.165, 1.54) is 11.1 Å². The highest BCUT2D eigenvalue weighted by molar-refractivity contribution is 6.06. The van der Waals surface area contributed by atoms with E-state index in [9.17, 15) is 24.0 Å². The van der Waals surface area contributed by atoms with Gasteiger partial charge in [0.05, 0.1) is 6.54 Å². The maximum Gasteiger partial charge on any atom is 0.408 e. The fourth-order valence-electron chi connectivity index (χ4n) is 5.16. The Morgan fingerprint density at radius 3 is 2.49 bits per heavy atom. The van der Waals surface area contributed by atoms with Crippen molar-refractivity contribution in [3.05, 3.63) is 65.6 Å². The van der Waals surface area contributed by atoms with Gasteiger partial charge in [-0.3, -0.25) is 24.1 Å². The van der Waals surface area contributed by atoms with Crippen LogP contribution in [-0.2, 0) is 48.2 Å². The first kappa shape index (κ1) is 36.4. The number of H-pyrrole nitrogens is 1. The van der Waals surface area contributed by atoms with Gasteiger partial charge in [0.1, 0.15) is 36.2 Å². The van der Waals surface area contributed by atoms with Crippen LogP contribution in [0, 0.1) is 5.92 Å². The molecule has 0 saturated heterocycles. The molecule has 0 spiro atoms. The SMILES string of the molecule is CC[C@H](C)[C@H](NC(=O)OC(C)(C)C)C(=O)N[C@@H](CCC(=O)OCc1ccccc1)C(=O)N1c2ncccc2C[C@H]1C(=O)NCc1nn[nH]n1. The molecular weight excluding hydrogens is 634 g/mol. The van der Waals surface area contributed by atoms with E-state index < -0.39 is 53.5 Å². The molecule has 16 nitrogen and oxygen atoms in total. The third-order valence-electron chi connectivity index (χ3n) is 7.83. The van der Waals surface area contributed by atoms with E-state index in [1.807, 2.05) is 37.3 Å². The van der Waals surface area contributed by atoms with Crippen molar-refractivity contribution in [1.82, 2.24) is 41.6 Å². The molecule has 4 amide bonds. The molecule has 0 bridgehead atoms. The van der Waals surface area contributed by atoms with Gasteiger partial charge in [-0.1, -0.05) is 61.9 Å². The van der Waals surface area contributed by atoms with E-state index in [0.29, 0.717) is 12.0 Å². The van der Waals surface area contributed by atoms with E-state index in [1.54, 1.807) is 39.8 Å². The Balaban J connectivity index is 1.58. The summed E-state index contributed by atoms with van der Waals surface area (Å²) in [6, 6.07) is 9.17. The molecule has 4 N–H and O–H groups in total. The molecular formula is C33H43N9O7. The van der Waals surface area contributed by atoms with Crippen molar-refractivity contribution < 1.29 is 33.4 Å². The number of pyridine rings is 1. The zero-order valence-corrected chi connectivity index (χ0v) is 28.3. The van der Waals surface area contributed by atoms with Crippen molar-refractivity contribution in [2.45, 2.75) is 97.2 Å². The highest BCUT2D eigenvalue weighted by Gasteiger charge is 2.43. The molecule has 0 aliphatic carbocycles. The number of aromatic nitrogens is 5. The van der Waals surface area contributed by atoms with Crippen LogP contribution in [0.5, 0.6) is 0 Å². The lowest BCUT2D eigenvalue weighted by Crippen LogP contribution is -2.59. The Morgan fingerprint density at radius 2 is 1.82 bits per heavy atom. The summed E-state index contributed by atoms with van der Waals surface area (Å²) >= 11 is 0. The van der Waals surface area contributed by atoms with Crippen LogP contribution in [0.2, 0.25) is 0 Å². The summed E-state index contributed by atoms with van der Waals surface area (Å²) in [5.74, 6) is -2.27. The predicted octanol–water partition coefficient (Wildman–Crippen LogP) is 2.12. The van der Waals surface area contributed by atoms with E-state index in [0.717, 1.165) is 5.56 Å². The fourth-order valence-corrected chi connectivity index (χ4v) is 5.16. The molecule has 1 aliphatic heterocycles. The summed E-state index contributed by atoms with van der Waals surface area (Å²) in [6.07, 6.45) is 0.989. The van der Waals surface area contributed by atoms with Gasteiger partial charge >= 0.3 is 12.1 Å². The maximum atomic E-state index is 14.4. The summed E-state index contributed by atoms with van der Waals surface area (Å²) in [5.41, 5.74) is 0.622. The lowest BCUT2D eigenvalue weighted by atomic mass is 9.97. The standard InChI is InChI=1S/C33H43N9O7/c1-6-20(2)27(37-32(47)49-33(3,4)5)30(45)36-23(14-15-26(43)48-19-21-11-8-7-9-12-21)31(46)42-24(17-22-13-10-16-34-28(22)42)29(44)35-18-25-38-40-41-39-25/h7-13,16,20,23-24,27H,6,14-15,17-19H2,1-5H3,(H,35,44)(H,36,45)(H,37,47)(H,38,39,40,41)/t20-,23-,24-,27-/m0/s1. The average molecular weight is 678 g/mol. The highest BCUT2D eigenvalue weighted by atomic mass is 16.6. The van der Waals surface area contributed by atoms with Crippen LogP contribution < -0.4 is 20.9 Å². The van der Waals surface area contributed by atoms with Crippen molar-refractivity contribution in [1.29, 1.82) is 0 Å². The third-order valence-corrected chi connectivity index (χ3v) is 7.83. The smallest absolute Gasteiger partial charge is 0.408 e. The number of amides is 4. The van der Waals surface area contributed by atoms with Gasteiger partial charge in [-0.25, -0.2) is 9.78 Å². The van der Waals surface area contributed by atoms with Gasteiger partial charge in [0, 0.05) is 19.0 Å². The number of tetrazole rings is 1. The molecule has 3 heterocycles. The van der Waals surface area contributed by atoms with Crippen molar-refractivity contribution in [3.63, 3.8) is 0 Å². The number of carbonyl (C=O) groups is 5. The minimum absolute atomic E-state index is 0.0343. The Hall–Kier alpha value is -5.41. The summed E-state index contributed by atoms with van der Waals surface area (Å²) < 4.78 is 10.8. The van der Waals surface area contributed by atoms with E-state index in [2.05, 4.69) is 41.6 Å². The van der Waals surface area contributed by atoms with Crippen LogP contribution in [0.15, 0.2) is 48.7 Å². The van der Waals surface area contributed by atoms with E-state index >= 15 is 0 Å². The Kier molecular flexibility index (Phi) is 12.4. The van der Waals surface area contributed by atoms with Crippen molar-refractivity contribution in [2.24, 2.45) is 5.92 Å². The van der Waals surface area contributed by atoms with Gasteiger partial charge in [0.25, 0.3) is 5.91 Å². The molecule has 4 atom stereocenters. The average Bonchev–Trinajstić information content (AvgIpc) is 3.74. The van der Waals surface area contributed by atoms with Crippen molar-refractivity contribution in [3.8, 4) is 0 Å². The molecule has 0 saturated carbocycles. The number of aromatic amines is 1. The fraction of sp³-hybridized carbons (Fsp3) is 0.485. The number of carbonyl (C=O) groups excluding carboxylic acids is 5. The van der Waals surface area contributed by atoms with Gasteiger partial charge in [0.2, 0.25) is 11.8 Å². The van der Waals surface area contributed by atoms with Crippen LogP contribution in [0.3, 0.4) is 0 Å². The number of benzene rings is 1. The summed E-state index contributed by atoms with van der Waals surface area (Å²) in [7, 11) is 0. The van der Waals surface area contributed by atoms with E-state index in [-0.39, 0.29) is 50.0 Å². The number of rotatable bonds is 14. The summed E-state index contributed by atoms with van der Waals surface area (Å²) in [6.45, 7) is 8.74. The summed E-state index contributed by atoms with van der Waals surface area (Å²) in [4.78, 5) is 73.0. The zero-order valence-electron chi connectivity index (χ0n) is 28.3. The van der Waals surface area contributed by atoms with Gasteiger partial charge in [-0.2, -0.15) is 5.21 Å². The van der Waals surface area contributed by atoms with Crippen molar-refractivity contribution >= 4 is 35.6 Å². The minimum atomic E-state index is -1.30. The molecule has 3 aromatic rings. The van der Waals surface area contributed by atoms with Crippen LogP contribution in [0.4, 0.5) is 10.6 Å². The molecule has 1 aromatic carbocycles. The second-order valence-corrected chi connectivity index (χ2v) is 12.7. The monoisotopic (exact) mass is 677 g/mol. The van der Waals surface area contributed by atoms with Crippen molar-refractivity contribution in [2.75, 3.05) is 4.90 Å². The van der Waals surface area contributed by atoms with Gasteiger partial charge in [-0.05, 0) is 50.3 Å². The van der Waals surface area contributed by atoms with Crippen LogP contribution >= 0.6 is 0 Å². The number of nitrogens with zero attached hydrogens (tertiary/aromatic N) is 5. The first-order valence-corrected chi connectivity index (χ1v) is 16.1. The lowest BCUT2D eigenvalue weighted by molar-refractivity contribution is -0.145. The molecule has 262 valence electrons. The largest absolute Gasteiger partial charge is 0.461 e. The third kappa shape index (κ3) is 10.3. The zero-order chi connectivity index (χ0) is 35.6. The summed E-state index contributed by atoms with van der Waals surface area (Å²) in [5, 5.41) is 21.6. The highest BCUT2D eigenvalue weighted by Crippen LogP contribution is 2.31. The number of alkyl carbamates (subject to hydrolysis) is 1. The molecule has 16 heteroatoms. The molecule has 0 fully saturated rings. The first-order chi connectivity index (χ1) is 23.4. The van der Waals surface area contributed by atoms with Crippen LogP contribution in [-0.4, -0.2) is 79.1 Å². The number of ether oxygens (including phenoxy) is 2. The molecule has 0 radical (unpaired) electrons. The van der Waals surface area contributed by atoms with Crippen LogP contribution in [0.1, 0.15) is 70.8 Å². The molecule has 1 aliphatic rings. The van der Waals surface area contributed by atoms with Gasteiger partial charge in [-0.15, -0.1) is 10.2 Å². The number of anilines is 1. The molecule has 2 aromatic heterocycles. The Morgan fingerprint density at radius 1 is 1.06 bits per heavy atom. The number of hydrogen-bond acceptors (Lipinski definition) is 11. The maximum absolute atomic E-state index is 14.4. The number of hydrogen-bond donors (Lipinski definition) is 4. The topological polar surface area (TPSA) is 210 Å². The minimum Gasteiger partial charge on any atom is -0.461 e. The number of esters is 1. The first-order valence-electron chi connectivity index (χ1n) is 16.1. The van der Waals surface area contributed by atoms with Gasteiger partial charge < -0.3 is 25.4 Å². The molecule has 49 heavy (non-hydrogen) atoms. The van der Waals surface area contributed by atoms with Gasteiger partial charge in [0.15, 0.2) is 5.82 Å². The number of fused-ring (bicyclic) bond motifs is 1.